The molecule has 4 aromatic carbocycles. The first-order valence-electron chi connectivity index (χ1n) is 12.7. The van der Waals surface area contributed by atoms with E-state index in [-0.39, 0.29) is 30.7 Å². The molecular formula is C32H29ClN2O3. The Bertz CT molecular complexity index is 1470. The van der Waals surface area contributed by atoms with Gasteiger partial charge < -0.3 is 10.4 Å². The minimum atomic E-state index is -0.949. The normalized spacial score (nSPS) is 12.4. The molecule has 6 heteroatoms. The molecule has 4 rings (SSSR count). The van der Waals surface area contributed by atoms with E-state index < -0.39 is 5.97 Å². The summed E-state index contributed by atoms with van der Waals surface area (Å²) >= 11 is 6.23. The molecule has 0 saturated heterocycles. The summed E-state index contributed by atoms with van der Waals surface area (Å²) in [6.45, 7) is 2.25. The van der Waals surface area contributed by atoms with Crippen LogP contribution in [0.3, 0.4) is 0 Å². The van der Waals surface area contributed by atoms with Gasteiger partial charge in [0.1, 0.15) is 0 Å². The average molecular weight is 525 g/mol. The summed E-state index contributed by atoms with van der Waals surface area (Å²) in [5.41, 5.74) is 4.57. The van der Waals surface area contributed by atoms with Crippen molar-refractivity contribution < 1.29 is 14.7 Å². The second-order valence-corrected chi connectivity index (χ2v) is 9.82. The van der Waals surface area contributed by atoms with Gasteiger partial charge in [0, 0.05) is 23.0 Å². The van der Waals surface area contributed by atoms with Crippen LogP contribution in [0.5, 0.6) is 0 Å². The highest BCUT2D eigenvalue weighted by Crippen LogP contribution is 2.42. The first kappa shape index (κ1) is 26.9. The molecule has 1 unspecified atom stereocenters. The molecule has 0 aliphatic heterocycles. The summed E-state index contributed by atoms with van der Waals surface area (Å²) in [6, 6.07) is 29.9. The van der Waals surface area contributed by atoms with Crippen LogP contribution < -0.4 is 5.32 Å². The number of aliphatic carboxylic acids is 1. The Morgan fingerprint density at radius 1 is 0.895 bits per heavy atom. The van der Waals surface area contributed by atoms with E-state index in [4.69, 9.17) is 16.7 Å². The fourth-order valence-corrected chi connectivity index (χ4v) is 5.08. The molecule has 0 aliphatic carbocycles. The fourth-order valence-electron chi connectivity index (χ4n) is 4.96. The molecule has 38 heavy (non-hydrogen) atoms. The third-order valence-electron chi connectivity index (χ3n) is 6.81. The molecule has 4 aromatic rings. The molecule has 5 nitrogen and oxygen atoms in total. The van der Waals surface area contributed by atoms with Crippen LogP contribution in [0.4, 0.5) is 0 Å². The van der Waals surface area contributed by atoms with E-state index in [0.717, 1.165) is 34.7 Å². The van der Waals surface area contributed by atoms with Gasteiger partial charge >= 0.3 is 5.97 Å². The van der Waals surface area contributed by atoms with Crippen LogP contribution in [0.25, 0.3) is 10.8 Å². The lowest BCUT2D eigenvalue weighted by Gasteiger charge is -2.29. The molecule has 0 aliphatic rings. The maximum atomic E-state index is 12.5. The molecule has 0 fully saturated rings. The number of halogens is 1. The van der Waals surface area contributed by atoms with Gasteiger partial charge in [0.15, 0.2) is 0 Å². The SMILES string of the molecule is CCC[C@H](c1ccc(C(=O)NCCC(=O)O)cc1)C(c1ccc(Cl)cc1)c1ccc2cc(C#N)ccc2c1. The monoisotopic (exact) mass is 524 g/mol. The van der Waals surface area contributed by atoms with Gasteiger partial charge in [0.05, 0.1) is 18.1 Å². The Hall–Kier alpha value is -4.14. The molecule has 0 spiro atoms. The molecule has 2 atom stereocenters. The van der Waals surface area contributed by atoms with Crippen molar-refractivity contribution in [2.75, 3.05) is 6.54 Å². The number of nitrogens with zero attached hydrogens (tertiary/aromatic N) is 1. The fraction of sp³-hybridized carbons (Fsp3) is 0.219. The number of carbonyl (C=O) groups is 2. The number of benzene rings is 4. The van der Waals surface area contributed by atoms with E-state index in [1.165, 1.54) is 5.56 Å². The van der Waals surface area contributed by atoms with Crippen molar-refractivity contribution in [1.82, 2.24) is 5.32 Å². The van der Waals surface area contributed by atoms with Gasteiger partial charge in [-0.1, -0.05) is 73.5 Å². The van der Waals surface area contributed by atoms with Gasteiger partial charge in [0.2, 0.25) is 0 Å². The molecular weight excluding hydrogens is 496 g/mol. The number of hydrogen-bond donors (Lipinski definition) is 2. The smallest absolute Gasteiger partial charge is 0.305 e. The second-order valence-electron chi connectivity index (χ2n) is 9.38. The zero-order valence-electron chi connectivity index (χ0n) is 21.2. The molecule has 0 aromatic heterocycles. The first-order valence-corrected chi connectivity index (χ1v) is 13.1. The summed E-state index contributed by atoms with van der Waals surface area (Å²) in [5.74, 6) is -1.05. The van der Waals surface area contributed by atoms with Gasteiger partial charge in [-0.3, -0.25) is 9.59 Å². The molecule has 0 bridgehead atoms. The standard InChI is InChI=1S/C32H29ClN2O3/c1-2-3-29(22-6-8-24(9-7-22)32(38)35-17-16-30(36)37)31(23-12-14-28(33)15-13-23)27-11-10-25-18-21(20-34)4-5-26(25)19-27/h4-15,18-19,29,31H,2-3,16-17H2,1H3,(H,35,38)(H,36,37)/t29-,31?/m1/s1. The number of nitrogens with one attached hydrogen (secondary N) is 1. The lowest BCUT2D eigenvalue weighted by molar-refractivity contribution is -0.136. The zero-order chi connectivity index (χ0) is 27.1. The Morgan fingerprint density at radius 3 is 2.18 bits per heavy atom. The van der Waals surface area contributed by atoms with E-state index in [1.807, 2.05) is 42.5 Å². The number of carboxylic acid groups (broad SMARTS) is 1. The quantitative estimate of drug-likeness (QED) is 0.228. The van der Waals surface area contributed by atoms with E-state index in [0.29, 0.717) is 16.1 Å². The van der Waals surface area contributed by atoms with E-state index >= 15 is 0 Å². The average Bonchev–Trinajstić information content (AvgIpc) is 2.93. The summed E-state index contributed by atoms with van der Waals surface area (Å²) in [5, 5.41) is 23.5. The lowest BCUT2D eigenvalue weighted by atomic mass is 9.74. The summed E-state index contributed by atoms with van der Waals surface area (Å²) < 4.78 is 0. The van der Waals surface area contributed by atoms with Crippen LogP contribution in [-0.2, 0) is 4.79 Å². The Balaban J connectivity index is 1.72. The van der Waals surface area contributed by atoms with Crippen LogP contribution in [-0.4, -0.2) is 23.5 Å². The van der Waals surface area contributed by atoms with E-state index in [2.05, 4.69) is 48.6 Å². The largest absolute Gasteiger partial charge is 0.481 e. The Morgan fingerprint density at radius 2 is 1.53 bits per heavy atom. The van der Waals surface area contributed by atoms with E-state index in [1.54, 1.807) is 12.1 Å². The number of rotatable bonds is 10. The minimum Gasteiger partial charge on any atom is -0.481 e. The van der Waals surface area contributed by atoms with Crippen molar-refractivity contribution in [3.8, 4) is 6.07 Å². The predicted octanol–water partition coefficient (Wildman–Crippen LogP) is 7.29. The van der Waals surface area contributed by atoms with Crippen molar-refractivity contribution in [1.29, 1.82) is 5.26 Å². The molecule has 0 saturated carbocycles. The molecule has 0 heterocycles. The molecule has 2 N–H and O–H groups in total. The number of carboxylic acids is 1. The van der Waals surface area contributed by atoms with Crippen molar-refractivity contribution in [2.45, 2.75) is 38.0 Å². The van der Waals surface area contributed by atoms with Crippen molar-refractivity contribution in [3.63, 3.8) is 0 Å². The lowest BCUT2D eigenvalue weighted by Crippen LogP contribution is -2.26. The van der Waals surface area contributed by atoms with Gasteiger partial charge in [-0.15, -0.1) is 0 Å². The number of fused-ring (bicyclic) bond motifs is 1. The van der Waals surface area contributed by atoms with E-state index in [9.17, 15) is 14.9 Å². The second kappa shape index (κ2) is 12.4. The number of hydrogen-bond acceptors (Lipinski definition) is 3. The van der Waals surface area contributed by atoms with Crippen LogP contribution >= 0.6 is 11.6 Å². The highest BCUT2D eigenvalue weighted by atomic mass is 35.5. The van der Waals surface area contributed by atoms with Crippen molar-refractivity contribution in [2.24, 2.45) is 0 Å². The number of carbonyl (C=O) groups excluding carboxylic acids is 1. The van der Waals surface area contributed by atoms with Gasteiger partial charge in [-0.25, -0.2) is 0 Å². The third-order valence-corrected chi connectivity index (χ3v) is 7.06. The molecule has 192 valence electrons. The topological polar surface area (TPSA) is 90.2 Å². The zero-order valence-corrected chi connectivity index (χ0v) is 21.9. The number of amides is 1. The third kappa shape index (κ3) is 6.40. The van der Waals surface area contributed by atoms with Gasteiger partial charge in [-0.05, 0) is 76.2 Å². The van der Waals surface area contributed by atoms with Crippen LogP contribution in [0.15, 0.2) is 84.9 Å². The van der Waals surface area contributed by atoms with Gasteiger partial charge in [-0.2, -0.15) is 5.26 Å². The molecule has 1 amide bonds. The number of nitriles is 1. The highest BCUT2D eigenvalue weighted by molar-refractivity contribution is 6.30. The first-order chi connectivity index (χ1) is 18.4. The summed E-state index contributed by atoms with van der Waals surface area (Å²) in [7, 11) is 0. The van der Waals surface area contributed by atoms with Gasteiger partial charge in [0.25, 0.3) is 5.91 Å². The minimum absolute atomic E-state index is 0.0440. The maximum Gasteiger partial charge on any atom is 0.305 e. The van der Waals surface area contributed by atoms with Crippen LogP contribution in [0.1, 0.15) is 70.6 Å². The van der Waals surface area contributed by atoms with Crippen LogP contribution in [0, 0.1) is 11.3 Å². The Labute approximate surface area is 227 Å². The Kier molecular flexibility index (Phi) is 8.78. The molecule has 0 radical (unpaired) electrons. The maximum absolute atomic E-state index is 12.5. The highest BCUT2D eigenvalue weighted by Gasteiger charge is 2.26. The summed E-state index contributed by atoms with van der Waals surface area (Å²) in [4.78, 5) is 23.2. The summed E-state index contributed by atoms with van der Waals surface area (Å²) in [6.07, 6.45) is 1.79. The van der Waals surface area contributed by atoms with Crippen molar-refractivity contribution >= 4 is 34.2 Å². The predicted molar refractivity (Wildman–Crippen MR) is 151 cm³/mol. The van der Waals surface area contributed by atoms with Crippen LogP contribution in [0.2, 0.25) is 5.02 Å². The van der Waals surface area contributed by atoms with Crippen molar-refractivity contribution in [3.05, 3.63) is 118 Å².